The predicted octanol–water partition coefficient (Wildman–Crippen LogP) is 1.56. The molecule has 1 heterocycles. The van der Waals surface area contributed by atoms with E-state index in [0.29, 0.717) is 18.5 Å². The first-order valence-corrected chi connectivity index (χ1v) is 5.98. The van der Waals surface area contributed by atoms with Crippen molar-refractivity contribution in [3.63, 3.8) is 0 Å². The Balaban J connectivity index is 2.11. The number of aromatic nitrogens is 2. The lowest BCUT2D eigenvalue weighted by Gasteiger charge is -2.25. The van der Waals surface area contributed by atoms with E-state index in [2.05, 4.69) is 28.7 Å². The first-order chi connectivity index (χ1) is 7.70. The summed E-state index contributed by atoms with van der Waals surface area (Å²) in [5, 5.41) is 0. The fourth-order valence-corrected chi connectivity index (χ4v) is 1.81. The molecule has 0 unspecified atom stereocenters. The van der Waals surface area contributed by atoms with E-state index in [4.69, 9.17) is 5.73 Å². The van der Waals surface area contributed by atoms with E-state index >= 15 is 0 Å². The van der Waals surface area contributed by atoms with Crippen molar-refractivity contribution in [3.8, 4) is 0 Å². The average molecular weight is 220 g/mol. The SMILES string of the molecule is CC(C)CN(c1cnc(CN)cn1)C1CC1. The second-order valence-electron chi connectivity index (χ2n) is 4.85. The molecule has 1 aliphatic carbocycles. The van der Waals surface area contributed by atoms with Crippen molar-refractivity contribution in [2.24, 2.45) is 11.7 Å². The molecule has 0 radical (unpaired) electrons. The Hall–Kier alpha value is -1.16. The number of hydrogen-bond donors (Lipinski definition) is 1. The third-order valence-corrected chi connectivity index (χ3v) is 2.74. The molecule has 2 rings (SSSR count). The maximum atomic E-state index is 5.51. The molecule has 1 aromatic heterocycles. The molecular formula is C12H20N4. The molecule has 2 N–H and O–H groups in total. The number of hydrogen-bond acceptors (Lipinski definition) is 4. The fraction of sp³-hybridized carbons (Fsp3) is 0.667. The van der Waals surface area contributed by atoms with Crippen LogP contribution in [0.15, 0.2) is 12.4 Å². The minimum absolute atomic E-state index is 0.459. The van der Waals surface area contributed by atoms with Crippen molar-refractivity contribution >= 4 is 5.82 Å². The van der Waals surface area contributed by atoms with E-state index in [1.54, 1.807) is 6.20 Å². The molecule has 0 aromatic carbocycles. The van der Waals surface area contributed by atoms with Crippen LogP contribution in [0, 0.1) is 5.92 Å². The summed E-state index contributed by atoms with van der Waals surface area (Å²) in [7, 11) is 0. The van der Waals surface area contributed by atoms with E-state index < -0.39 is 0 Å². The van der Waals surface area contributed by atoms with Gasteiger partial charge in [-0.2, -0.15) is 0 Å². The quantitative estimate of drug-likeness (QED) is 0.818. The van der Waals surface area contributed by atoms with Crippen molar-refractivity contribution in [1.29, 1.82) is 0 Å². The van der Waals surface area contributed by atoms with Gasteiger partial charge in [0, 0.05) is 19.1 Å². The zero-order chi connectivity index (χ0) is 11.5. The minimum atomic E-state index is 0.459. The monoisotopic (exact) mass is 220 g/mol. The summed E-state index contributed by atoms with van der Waals surface area (Å²) in [6.45, 7) is 5.98. The Morgan fingerprint density at radius 3 is 2.56 bits per heavy atom. The van der Waals surface area contributed by atoms with E-state index in [-0.39, 0.29) is 0 Å². The highest BCUT2D eigenvalue weighted by Gasteiger charge is 2.30. The standard InChI is InChI=1S/C12H20N4/c1-9(2)8-16(11-3-4-11)12-7-14-10(5-13)6-15-12/h6-7,9,11H,3-5,8,13H2,1-2H3. The van der Waals surface area contributed by atoms with Gasteiger partial charge in [-0.1, -0.05) is 13.8 Å². The summed E-state index contributed by atoms with van der Waals surface area (Å²) in [6.07, 6.45) is 6.20. The number of nitrogens with zero attached hydrogens (tertiary/aromatic N) is 3. The van der Waals surface area contributed by atoms with E-state index in [0.717, 1.165) is 18.1 Å². The van der Waals surface area contributed by atoms with Crippen molar-refractivity contribution in [2.75, 3.05) is 11.4 Å². The summed E-state index contributed by atoms with van der Waals surface area (Å²) in [5.74, 6) is 1.64. The molecule has 0 aliphatic heterocycles. The molecule has 1 aromatic rings. The molecule has 0 bridgehead atoms. The van der Waals surface area contributed by atoms with Gasteiger partial charge >= 0.3 is 0 Å². The van der Waals surface area contributed by atoms with Crippen LogP contribution in [0.2, 0.25) is 0 Å². The summed E-state index contributed by atoms with van der Waals surface area (Å²) in [6, 6.07) is 0.681. The molecule has 0 amide bonds. The van der Waals surface area contributed by atoms with Crippen molar-refractivity contribution in [3.05, 3.63) is 18.1 Å². The average Bonchev–Trinajstić information content (AvgIpc) is 3.10. The summed E-state index contributed by atoms with van der Waals surface area (Å²) in [4.78, 5) is 11.1. The maximum Gasteiger partial charge on any atom is 0.147 e. The van der Waals surface area contributed by atoms with Gasteiger partial charge in [-0.3, -0.25) is 4.98 Å². The molecule has 4 nitrogen and oxygen atoms in total. The summed E-state index contributed by atoms with van der Waals surface area (Å²) in [5.41, 5.74) is 6.36. The Morgan fingerprint density at radius 2 is 2.12 bits per heavy atom. The molecule has 16 heavy (non-hydrogen) atoms. The van der Waals surface area contributed by atoms with Crippen LogP contribution in [0.1, 0.15) is 32.4 Å². The second kappa shape index (κ2) is 4.78. The Kier molecular flexibility index (Phi) is 3.39. The van der Waals surface area contributed by atoms with Crippen LogP contribution in [-0.2, 0) is 6.54 Å². The Labute approximate surface area is 96.9 Å². The number of anilines is 1. The molecule has 4 heteroatoms. The summed E-state index contributed by atoms with van der Waals surface area (Å²) >= 11 is 0. The lowest BCUT2D eigenvalue weighted by molar-refractivity contribution is 0.601. The zero-order valence-corrected chi connectivity index (χ0v) is 10.1. The number of nitrogens with two attached hydrogens (primary N) is 1. The third kappa shape index (κ3) is 2.70. The van der Waals surface area contributed by atoms with Gasteiger partial charge in [0.15, 0.2) is 0 Å². The third-order valence-electron chi connectivity index (χ3n) is 2.74. The predicted molar refractivity (Wildman–Crippen MR) is 65.1 cm³/mol. The molecule has 0 atom stereocenters. The van der Waals surface area contributed by atoms with Gasteiger partial charge in [0.25, 0.3) is 0 Å². The van der Waals surface area contributed by atoms with Gasteiger partial charge in [0.2, 0.25) is 0 Å². The van der Waals surface area contributed by atoms with Gasteiger partial charge in [-0.25, -0.2) is 4.98 Å². The number of rotatable bonds is 5. The highest BCUT2D eigenvalue weighted by molar-refractivity contribution is 5.39. The molecule has 0 spiro atoms. The van der Waals surface area contributed by atoms with E-state index in [9.17, 15) is 0 Å². The first kappa shape index (κ1) is 11.3. The first-order valence-electron chi connectivity index (χ1n) is 5.98. The highest BCUT2D eigenvalue weighted by Crippen LogP contribution is 2.30. The lowest BCUT2D eigenvalue weighted by atomic mass is 10.2. The van der Waals surface area contributed by atoms with Gasteiger partial charge < -0.3 is 10.6 Å². The Bertz CT molecular complexity index is 329. The lowest BCUT2D eigenvalue weighted by Crippen LogP contribution is -2.30. The second-order valence-corrected chi connectivity index (χ2v) is 4.85. The van der Waals surface area contributed by atoms with E-state index in [1.165, 1.54) is 12.8 Å². The molecule has 1 fully saturated rings. The van der Waals surface area contributed by atoms with Crippen LogP contribution >= 0.6 is 0 Å². The van der Waals surface area contributed by atoms with Crippen LogP contribution < -0.4 is 10.6 Å². The largest absolute Gasteiger partial charge is 0.352 e. The van der Waals surface area contributed by atoms with E-state index in [1.807, 2.05) is 6.20 Å². The smallest absolute Gasteiger partial charge is 0.147 e. The van der Waals surface area contributed by atoms with Gasteiger partial charge in [0.05, 0.1) is 18.1 Å². The molecule has 0 saturated heterocycles. The molecular weight excluding hydrogens is 200 g/mol. The zero-order valence-electron chi connectivity index (χ0n) is 10.1. The topological polar surface area (TPSA) is 55.0 Å². The van der Waals surface area contributed by atoms with Crippen LogP contribution in [-0.4, -0.2) is 22.6 Å². The van der Waals surface area contributed by atoms with Crippen molar-refractivity contribution < 1.29 is 0 Å². The molecule has 88 valence electrons. The normalized spacial score (nSPS) is 15.5. The van der Waals surface area contributed by atoms with Crippen molar-refractivity contribution in [2.45, 2.75) is 39.3 Å². The molecule has 1 saturated carbocycles. The minimum Gasteiger partial charge on any atom is -0.352 e. The van der Waals surface area contributed by atoms with Crippen LogP contribution in [0.4, 0.5) is 5.82 Å². The van der Waals surface area contributed by atoms with Crippen molar-refractivity contribution in [1.82, 2.24) is 9.97 Å². The fourth-order valence-electron chi connectivity index (χ4n) is 1.81. The van der Waals surface area contributed by atoms with Gasteiger partial charge in [-0.15, -0.1) is 0 Å². The molecule has 1 aliphatic rings. The van der Waals surface area contributed by atoms with Crippen LogP contribution in [0.3, 0.4) is 0 Å². The highest BCUT2D eigenvalue weighted by atomic mass is 15.2. The van der Waals surface area contributed by atoms with Crippen LogP contribution in [0.5, 0.6) is 0 Å². The van der Waals surface area contributed by atoms with Gasteiger partial charge in [0.1, 0.15) is 5.82 Å². The van der Waals surface area contributed by atoms with Crippen LogP contribution in [0.25, 0.3) is 0 Å². The Morgan fingerprint density at radius 1 is 1.38 bits per heavy atom. The maximum absolute atomic E-state index is 5.51. The summed E-state index contributed by atoms with van der Waals surface area (Å²) < 4.78 is 0. The van der Waals surface area contributed by atoms with Gasteiger partial charge in [-0.05, 0) is 18.8 Å².